The number of hydrogen-bond donors (Lipinski definition) is 0. The number of halogens is 1. The molecule has 1 aliphatic heterocycles. The largest absolute Gasteiger partial charge is 0.368 e. The highest BCUT2D eigenvalue weighted by atomic mass is 35.5. The van der Waals surface area contributed by atoms with Gasteiger partial charge in [-0.1, -0.05) is 23.7 Å². The third-order valence-corrected chi connectivity index (χ3v) is 4.90. The number of pyridine rings is 1. The van der Waals surface area contributed by atoms with E-state index in [0.717, 1.165) is 42.1 Å². The molecule has 0 atom stereocenters. The van der Waals surface area contributed by atoms with Crippen LogP contribution in [0.1, 0.15) is 5.56 Å². The quantitative estimate of drug-likeness (QED) is 0.685. The maximum absolute atomic E-state index is 6.19. The molecule has 1 aromatic heterocycles. The molecule has 0 amide bonds. The molecule has 1 saturated heterocycles. The van der Waals surface area contributed by atoms with E-state index in [4.69, 9.17) is 11.6 Å². The lowest BCUT2D eigenvalue weighted by Gasteiger charge is -2.38. The van der Waals surface area contributed by atoms with Crippen molar-refractivity contribution in [3.05, 3.63) is 65.3 Å². The zero-order chi connectivity index (χ0) is 16.5. The molecule has 0 N–H and O–H groups in total. The van der Waals surface area contributed by atoms with Crippen LogP contribution in [0.25, 0.3) is 10.9 Å². The van der Waals surface area contributed by atoms with Crippen molar-refractivity contribution >= 4 is 33.9 Å². The molecular weight excluding hydrogens is 318 g/mol. The van der Waals surface area contributed by atoms with Crippen LogP contribution in [0.15, 0.2) is 54.7 Å². The summed E-state index contributed by atoms with van der Waals surface area (Å²) in [6.45, 7) is 6.19. The van der Waals surface area contributed by atoms with E-state index in [0.29, 0.717) is 0 Å². The Morgan fingerprint density at radius 1 is 0.917 bits per heavy atom. The first-order chi connectivity index (χ1) is 11.7. The molecule has 122 valence electrons. The van der Waals surface area contributed by atoms with Crippen LogP contribution in [-0.2, 0) is 0 Å². The summed E-state index contributed by atoms with van der Waals surface area (Å²) in [5, 5.41) is 1.89. The Labute approximate surface area is 147 Å². The van der Waals surface area contributed by atoms with Crippen LogP contribution in [0, 0.1) is 6.92 Å². The second-order valence-corrected chi connectivity index (χ2v) is 6.74. The number of fused-ring (bicyclic) bond motifs is 1. The Kier molecular flexibility index (Phi) is 4.03. The average Bonchev–Trinajstić information content (AvgIpc) is 2.61. The zero-order valence-corrected chi connectivity index (χ0v) is 14.5. The molecule has 1 fully saturated rings. The predicted molar refractivity (Wildman–Crippen MR) is 102 cm³/mol. The van der Waals surface area contributed by atoms with Gasteiger partial charge < -0.3 is 9.80 Å². The van der Waals surface area contributed by atoms with Gasteiger partial charge in [-0.05, 0) is 48.9 Å². The summed E-state index contributed by atoms with van der Waals surface area (Å²) in [5.74, 6) is 0. The lowest BCUT2D eigenvalue weighted by atomic mass is 10.1. The summed E-state index contributed by atoms with van der Waals surface area (Å²) in [6.07, 6.45) is 1.89. The van der Waals surface area contributed by atoms with Gasteiger partial charge in [0.1, 0.15) is 0 Å². The molecule has 0 radical (unpaired) electrons. The van der Waals surface area contributed by atoms with Crippen molar-refractivity contribution in [1.82, 2.24) is 4.98 Å². The topological polar surface area (TPSA) is 19.4 Å². The van der Waals surface area contributed by atoms with Gasteiger partial charge in [0.15, 0.2) is 0 Å². The number of nitrogens with zero attached hydrogens (tertiary/aromatic N) is 3. The molecular formula is C20H20ClN3. The lowest BCUT2D eigenvalue weighted by Crippen LogP contribution is -2.46. The Bertz CT molecular complexity index is 870. The van der Waals surface area contributed by atoms with Crippen molar-refractivity contribution in [2.24, 2.45) is 0 Å². The molecule has 0 spiro atoms. The fourth-order valence-electron chi connectivity index (χ4n) is 3.41. The Hall–Kier alpha value is -2.26. The van der Waals surface area contributed by atoms with Gasteiger partial charge in [-0.2, -0.15) is 0 Å². The number of aromatic nitrogens is 1. The molecule has 0 saturated carbocycles. The fraction of sp³-hybridized carbons (Fsp3) is 0.250. The van der Waals surface area contributed by atoms with Crippen molar-refractivity contribution in [2.45, 2.75) is 6.92 Å². The standard InChI is InChI=1S/C20H20ClN3/c1-15-3-2-4-17(13-15)23-9-11-24(12-10-23)20-7-8-22-19-6-5-16(21)14-18(19)20/h2-8,13-14H,9-12H2,1H3. The van der Waals surface area contributed by atoms with E-state index in [-0.39, 0.29) is 0 Å². The van der Waals surface area contributed by atoms with E-state index < -0.39 is 0 Å². The first-order valence-corrected chi connectivity index (χ1v) is 8.69. The van der Waals surface area contributed by atoms with Crippen LogP contribution in [0.3, 0.4) is 0 Å². The SMILES string of the molecule is Cc1cccc(N2CCN(c3ccnc4ccc(Cl)cc34)CC2)c1. The third kappa shape index (κ3) is 2.92. The molecule has 24 heavy (non-hydrogen) atoms. The minimum atomic E-state index is 0.759. The summed E-state index contributed by atoms with van der Waals surface area (Å²) in [5.41, 5.74) is 4.85. The van der Waals surface area contributed by atoms with Crippen molar-refractivity contribution < 1.29 is 0 Å². The number of piperazine rings is 1. The van der Waals surface area contributed by atoms with Crippen LogP contribution in [0.5, 0.6) is 0 Å². The molecule has 0 aliphatic carbocycles. The van der Waals surface area contributed by atoms with Crippen molar-refractivity contribution in [3.8, 4) is 0 Å². The molecule has 0 unspecified atom stereocenters. The number of benzene rings is 2. The van der Waals surface area contributed by atoms with Crippen molar-refractivity contribution in [3.63, 3.8) is 0 Å². The number of rotatable bonds is 2. The van der Waals surface area contributed by atoms with Gasteiger partial charge in [0, 0.05) is 54.2 Å². The van der Waals surface area contributed by atoms with Crippen molar-refractivity contribution in [1.29, 1.82) is 0 Å². The van der Waals surface area contributed by atoms with Crippen LogP contribution >= 0.6 is 11.6 Å². The normalized spacial score (nSPS) is 15.1. The Morgan fingerprint density at radius 3 is 2.50 bits per heavy atom. The van der Waals surface area contributed by atoms with Crippen LogP contribution in [-0.4, -0.2) is 31.2 Å². The van der Waals surface area contributed by atoms with Gasteiger partial charge in [-0.3, -0.25) is 4.98 Å². The average molecular weight is 338 g/mol. The van der Waals surface area contributed by atoms with Gasteiger partial charge in [-0.15, -0.1) is 0 Å². The Morgan fingerprint density at radius 2 is 1.71 bits per heavy atom. The van der Waals surface area contributed by atoms with Crippen molar-refractivity contribution in [2.75, 3.05) is 36.0 Å². The zero-order valence-electron chi connectivity index (χ0n) is 13.7. The van der Waals surface area contributed by atoms with E-state index in [2.05, 4.69) is 52.0 Å². The molecule has 4 rings (SSSR count). The summed E-state index contributed by atoms with van der Waals surface area (Å²) < 4.78 is 0. The highest BCUT2D eigenvalue weighted by Crippen LogP contribution is 2.29. The molecule has 1 aliphatic rings. The molecule has 3 aromatic rings. The molecule has 0 bridgehead atoms. The maximum Gasteiger partial charge on any atom is 0.0723 e. The van der Waals surface area contributed by atoms with E-state index in [1.165, 1.54) is 16.9 Å². The predicted octanol–water partition coefficient (Wildman–Crippen LogP) is 4.52. The van der Waals surface area contributed by atoms with Gasteiger partial charge in [0.05, 0.1) is 5.52 Å². The second kappa shape index (κ2) is 6.33. The lowest BCUT2D eigenvalue weighted by molar-refractivity contribution is 0.655. The third-order valence-electron chi connectivity index (χ3n) is 4.67. The summed E-state index contributed by atoms with van der Waals surface area (Å²) in [7, 11) is 0. The fourth-order valence-corrected chi connectivity index (χ4v) is 3.58. The number of anilines is 2. The minimum Gasteiger partial charge on any atom is -0.368 e. The van der Waals surface area contributed by atoms with Gasteiger partial charge >= 0.3 is 0 Å². The van der Waals surface area contributed by atoms with E-state index in [9.17, 15) is 0 Å². The highest BCUT2D eigenvalue weighted by molar-refractivity contribution is 6.31. The van der Waals surface area contributed by atoms with Gasteiger partial charge in [0.25, 0.3) is 0 Å². The van der Waals surface area contributed by atoms with Gasteiger partial charge in [-0.25, -0.2) is 0 Å². The molecule has 3 nitrogen and oxygen atoms in total. The number of hydrogen-bond acceptors (Lipinski definition) is 3. The smallest absolute Gasteiger partial charge is 0.0723 e. The van der Waals surface area contributed by atoms with Crippen LogP contribution in [0.4, 0.5) is 11.4 Å². The number of aryl methyl sites for hydroxylation is 1. The first-order valence-electron chi connectivity index (χ1n) is 8.31. The monoisotopic (exact) mass is 337 g/mol. The van der Waals surface area contributed by atoms with Crippen LogP contribution in [0.2, 0.25) is 5.02 Å². The maximum atomic E-state index is 6.19. The molecule has 2 aromatic carbocycles. The van der Waals surface area contributed by atoms with Gasteiger partial charge in [0.2, 0.25) is 0 Å². The Balaban J connectivity index is 1.57. The summed E-state index contributed by atoms with van der Waals surface area (Å²) in [4.78, 5) is 9.35. The van der Waals surface area contributed by atoms with E-state index in [1.54, 1.807) is 0 Å². The summed E-state index contributed by atoms with van der Waals surface area (Å²) in [6, 6.07) is 16.7. The highest BCUT2D eigenvalue weighted by Gasteiger charge is 2.19. The minimum absolute atomic E-state index is 0.759. The molecule has 4 heteroatoms. The van der Waals surface area contributed by atoms with E-state index >= 15 is 0 Å². The van der Waals surface area contributed by atoms with Crippen LogP contribution < -0.4 is 9.80 Å². The first kappa shape index (κ1) is 15.3. The summed E-state index contributed by atoms with van der Waals surface area (Å²) >= 11 is 6.19. The second-order valence-electron chi connectivity index (χ2n) is 6.30. The molecule has 2 heterocycles. The van der Waals surface area contributed by atoms with E-state index in [1.807, 2.05) is 24.4 Å².